The van der Waals surface area contributed by atoms with Crippen LogP contribution in [0.2, 0.25) is 0 Å². The van der Waals surface area contributed by atoms with E-state index in [0.29, 0.717) is 22.6 Å². The lowest BCUT2D eigenvalue weighted by molar-refractivity contribution is -0.145. The molecule has 0 N–H and O–H groups in total. The van der Waals surface area contributed by atoms with E-state index in [1.54, 1.807) is 31.2 Å². The second kappa shape index (κ2) is 10.1. The number of hydrogen-bond donors (Lipinski definition) is 0. The van der Waals surface area contributed by atoms with Gasteiger partial charge in [0, 0.05) is 13.6 Å². The second-order valence-corrected chi connectivity index (χ2v) is 7.99. The first kappa shape index (κ1) is 22.3. The molecule has 0 saturated carbocycles. The summed E-state index contributed by atoms with van der Waals surface area (Å²) in [6.45, 7) is 1.78. The summed E-state index contributed by atoms with van der Waals surface area (Å²) >= 11 is 5.65. The summed E-state index contributed by atoms with van der Waals surface area (Å²) in [5.74, 6) is 0.0231. The number of methoxy groups -OCH3 is 1. The van der Waals surface area contributed by atoms with Gasteiger partial charge in [0.2, 0.25) is 5.90 Å². The number of halogens is 2. The van der Waals surface area contributed by atoms with E-state index in [2.05, 4.69) is 43.5 Å². The van der Waals surface area contributed by atoms with Crippen molar-refractivity contribution in [2.45, 2.75) is 6.92 Å². The fraction of sp³-hybridized carbons (Fsp3) is 0.190. The second-order valence-electron chi connectivity index (χ2n) is 5.97. The quantitative estimate of drug-likeness (QED) is 0.273. The van der Waals surface area contributed by atoms with Crippen molar-refractivity contribution in [2.24, 2.45) is 4.99 Å². The minimum absolute atomic E-state index is 0.168. The Bertz CT molecular complexity index is 1050. The van der Waals surface area contributed by atoms with Crippen molar-refractivity contribution in [1.82, 2.24) is 0 Å². The molecular formula is C21H17BrINO6. The highest BCUT2D eigenvalue weighted by Crippen LogP contribution is 2.30. The van der Waals surface area contributed by atoms with E-state index >= 15 is 0 Å². The molecule has 7 nitrogen and oxygen atoms in total. The monoisotopic (exact) mass is 585 g/mol. The topological polar surface area (TPSA) is 83.4 Å². The van der Waals surface area contributed by atoms with Crippen LogP contribution in [-0.4, -0.2) is 38.2 Å². The molecule has 156 valence electrons. The highest BCUT2D eigenvalue weighted by atomic mass is 127. The van der Waals surface area contributed by atoms with Gasteiger partial charge in [0.1, 0.15) is 0 Å². The van der Waals surface area contributed by atoms with Crippen LogP contribution in [0.25, 0.3) is 6.08 Å². The average molecular weight is 586 g/mol. The van der Waals surface area contributed by atoms with E-state index < -0.39 is 11.9 Å². The number of rotatable bonds is 7. The largest absolute Gasteiger partial charge is 0.493 e. The first-order valence-electron chi connectivity index (χ1n) is 8.85. The zero-order valence-electron chi connectivity index (χ0n) is 16.1. The van der Waals surface area contributed by atoms with Gasteiger partial charge in [-0.15, -0.1) is 0 Å². The number of cyclic esters (lactones) is 1. The number of carbonyl (C=O) groups excluding carboxylic acids is 2. The number of nitrogens with zero attached hydrogens (tertiary/aromatic N) is 1. The van der Waals surface area contributed by atoms with Gasteiger partial charge in [-0.25, -0.2) is 14.6 Å². The summed E-state index contributed by atoms with van der Waals surface area (Å²) < 4.78 is 22.8. The Kier molecular flexibility index (Phi) is 7.48. The number of ether oxygens (including phenoxy) is 4. The molecule has 3 rings (SSSR count). The standard InChI is InChI=1S/C21H17BrINO6/c1-3-28-19(25)11-29-17-7-4-12(9-18(17)27-2)8-16-21(26)30-20(24-16)13-5-6-15(23)14(22)10-13/h4-10H,3,11H2,1-2H3/b16-8-. The Hall–Kier alpha value is -2.40. The third-order valence-electron chi connectivity index (χ3n) is 3.93. The van der Waals surface area contributed by atoms with Crippen molar-refractivity contribution in [3.63, 3.8) is 0 Å². The molecule has 30 heavy (non-hydrogen) atoms. The zero-order chi connectivity index (χ0) is 21.7. The molecule has 0 amide bonds. The molecule has 0 spiro atoms. The third kappa shape index (κ3) is 5.39. The van der Waals surface area contributed by atoms with E-state index in [4.69, 9.17) is 18.9 Å². The predicted molar refractivity (Wildman–Crippen MR) is 123 cm³/mol. The Balaban J connectivity index is 1.81. The Morgan fingerprint density at radius 2 is 2.03 bits per heavy atom. The molecule has 0 unspecified atom stereocenters. The normalized spacial score (nSPS) is 14.3. The van der Waals surface area contributed by atoms with E-state index in [-0.39, 0.29) is 24.8 Å². The summed E-state index contributed by atoms with van der Waals surface area (Å²) in [6.07, 6.45) is 1.59. The van der Waals surface area contributed by atoms with Crippen molar-refractivity contribution < 1.29 is 28.5 Å². The molecule has 1 aliphatic heterocycles. The Morgan fingerprint density at radius 3 is 2.73 bits per heavy atom. The van der Waals surface area contributed by atoms with Gasteiger partial charge < -0.3 is 18.9 Å². The maximum atomic E-state index is 12.2. The molecule has 2 aromatic carbocycles. The van der Waals surface area contributed by atoms with Crippen LogP contribution in [-0.2, 0) is 19.1 Å². The lowest BCUT2D eigenvalue weighted by Gasteiger charge is -2.10. The predicted octanol–water partition coefficient (Wildman–Crippen LogP) is 4.35. The first-order valence-corrected chi connectivity index (χ1v) is 10.7. The number of esters is 2. The van der Waals surface area contributed by atoms with Gasteiger partial charge in [-0.2, -0.15) is 0 Å². The van der Waals surface area contributed by atoms with Crippen LogP contribution >= 0.6 is 38.5 Å². The van der Waals surface area contributed by atoms with Crippen molar-refractivity contribution in [3.05, 3.63) is 61.3 Å². The molecular weight excluding hydrogens is 569 g/mol. The van der Waals surface area contributed by atoms with E-state index in [1.165, 1.54) is 7.11 Å². The summed E-state index contributed by atoms with van der Waals surface area (Å²) in [6, 6.07) is 10.6. The molecule has 0 fully saturated rings. The molecule has 9 heteroatoms. The van der Waals surface area contributed by atoms with Crippen LogP contribution in [0, 0.1) is 3.57 Å². The van der Waals surface area contributed by atoms with Gasteiger partial charge in [-0.3, -0.25) is 0 Å². The Labute approximate surface area is 195 Å². The van der Waals surface area contributed by atoms with Gasteiger partial charge in [-0.05, 0) is 87.4 Å². The van der Waals surface area contributed by atoms with E-state index in [1.807, 2.05) is 18.2 Å². The maximum absolute atomic E-state index is 12.2. The smallest absolute Gasteiger partial charge is 0.363 e. The molecule has 0 saturated heterocycles. The molecule has 0 radical (unpaired) electrons. The fourth-order valence-corrected chi connectivity index (χ4v) is 3.27. The third-order valence-corrected chi connectivity index (χ3v) is 6.27. The van der Waals surface area contributed by atoms with Crippen LogP contribution in [0.1, 0.15) is 18.1 Å². The van der Waals surface area contributed by atoms with Gasteiger partial charge in [0.15, 0.2) is 23.8 Å². The molecule has 0 bridgehead atoms. The highest BCUT2D eigenvalue weighted by Gasteiger charge is 2.24. The highest BCUT2D eigenvalue weighted by molar-refractivity contribution is 14.1. The van der Waals surface area contributed by atoms with Gasteiger partial charge in [-0.1, -0.05) is 6.07 Å². The molecule has 1 aliphatic rings. The zero-order valence-corrected chi connectivity index (χ0v) is 19.9. The first-order chi connectivity index (χ1) is 14.4. The molecule has 0 aromatic heterocycles. The minimum Gasteiger partial charge on any atom is -0.493 e. The van der Waals surface area contributed by atoms with Gasteiger partial charge >= 0.3 is 11.9 Å². The lowest BCUT2D eigenvalue weighted by atomic mass is 10.1. The maximum Gasteiger partial charge on any atom is 0.363 e. The average Bonchev–Trinajstić information content (AvgIpc) is 3.09. The van der Waals surface area contributed by atoms with Crippen LogP contribution in [0.4, 0.5) is 0 Å². The number of hydrogen-bond acceptors (Lipinski definition) is 7. The van der Waals surface area contributed by atoms with Gasteiger partial charge in [0.05, 0.1) is 13.7 Å². The fourth-order valence-electron chi connectivity index (χ4n) is 2.55. The molecule has 2 aromatic rings. The number of carbonyl (C=O) groups is 2. The van der Waals surface area contributed by atoms with Crippen LogP contribution in [0.15, 0.2) is 51.6 Å². The van der Waals surface area contributed by atoms with E-state index in [0.717, 1.165) is 8.04 Å². The number of benzene rings is 2. The number of aliphatic imine (C=N–C) groups is 1. The molecule has 0 aliphatic carbocycles. The summed E-state index contributed by atoms with van der Waals surface area (Å²) in [5, 5.41) is 0. The van der Waals surface area contributed by atoms with Crippen molar-refractivity contribution in [3.8, 4) is 11.5 Å². The minimum atomic E-state index is -0.540. The Morgan fingerprint density at radius 1 is 1.23 bits per heavy atom. The summed E-state index contributed by atoms with van der Waals surface area (Å²) in [7, 11) is 1.48. The lowest BCUT2D eigenvalue weighted by Crippen LogP contribution is -2.14. The van der Waals surface area contributed by atoms with Crippen LogP contribution < -0.4 is 9.47 Å². The molecule has 1 heterocycles. The summed E-state index contributed by atoms with van der Waals surface area (Å²) in [5.41, 5.74) is 1.53. The van der Waals surface area contributed by atoms with Crippen molar-refractivity contribution in [2.75, 3.05) is 20.3 Å². The van der Waals surface area contributed by atoms with Crippen LogP contribution in [0.3, 0.4) is 0 Å². The summed E-state index contributed by atoms with van der Waals surface area (Å²) in [4.78, 5) is 28.0. The van der Waals surface area contributed by atoms with Crippen molar-refractivity contribution in [1.29, 1.82) is 0 Å². The SMILES string of the molecule is CCOC(=O)COc1ccc(/C=C2\N=C(c3ccc(I)c(Br)c3)OC2=O)cc1OC. The van der Waals surface area contributed by atoms with Gasteiger partial charge in [0.25, 0.3) is 0 Å². The van der Waals surface area contributed by atoms with E-state index in [9.17, 15) is 9.59 Å². The van der Waals surface area contributed by atoms with Crippen molar-refractivity contribution >= 4 is 62.4 Å². The molecule has 0 atom stereocenters. The van der Waals surface area contributed by atoms with Crippen LogP contribution in [0.5, 0.6) is 11.5 Å².